The molecule has 2 nitrogen and oxygen atoms in total. The van der Waals surface area contributed by atoms with Gasteiger partial charge in [-0.2, -0.15) is 0 Å². The highest BCUT2D eigenvalue weighted by atomic mass is 16.6. The first-order chi connectivity index (χ1) is 8.97. The second kappa shape index (κ2) is 5.68. The lowest BCUT2D eigenvalue weighted by atomic mass is 9.64. The van der Waals surface area contributed by atoms with Crippen LogP contribution in [0.25, 0.3) is 0 Å². The summed E-state index contributed by atoms with van der Waals surface area (Å²) in [5.41, 5.74) is 0.312. The first kappa shape index (κ1) is 14.6. The van der Waals surface area contributed by atoms with Crippen LogP contribution in [0.3, 0.4) is 0 Å². The molecule has 0 N–H and O–H groups in total. The average Bonchev–Trinajstić information content (AvgIpc) is 2.89. The molecule has 19 heavy (non-hydrogen) atoms. The molecule has 0 aromatic heterocycles. The second-order valence-corrected chi connectivity index (χ2v) is 6.76. The van der Waals surface area contributed by atoms with Crippen LogP contribution in [0, 0.1) is 17.8 Å². The SMILES string of the molecule is C=C(C)C(=O)OC1(C2CCCC2)CCCC(C)C1C. The topological polar surface area (TPSA) is 26.3 Å². The highest BCUT2D eigenvalue weighted by Crippen LogP contribution is 2.50. The lowest BCUT2D eigenvalue weighted by Crippen LogP contribution is -2.51. The molecule has 2 saturated carbocycles. The Labute approximate surface area is 117 Å². The third-order valence-corrected chi connectivity index (χ3v) is 5.53. The van der Waals surface area contributed by atoms with Crippen molar-refractivity contribution in [1.29, 1.82) is 0 Å². The number of hydrogen-bond donors (Lipinski definition) is 0. The van der Waals surface area contributed by atoms with Crippen molar-refractivity contribution in [3.05, 3.63) is 12.2 Å². The molecule has 3 atom stereocenters. The van der Waals surface area contributed by atoms with Gasteiger partial charge in [0.15, 0.2) is 0 Å². The van der Waals surface area contributed by atoms with Gasteiger partial charge in [0.1, 0.15) is 5.60 Å². The minimum absolute atomic E-state index is 0.187. The molecule has 0 amide bonds. The molecule has 0 aromatic carbocycles. The van der Waals surface area contributed by atoms with Gasteiger partial charge in [0, 0.05) is 5.57 Å². The van der Waals surface area contributed by atoms with Crippen molar-refractivity contribution in [2.75, 3.05) is 0 Å². The summed E-state index contributed by atoms with van der Waals surface area (Å²) in [6.45, 7) is 10.1. The summed E-state index contributed by atoms with van der Waals surface area (Å²) in [6, 6.07) is 0. The second-order valence-electron chi connectivity index (χ2n) is 6.76. The number of ether oxygens (including phenoxy) is 1. The normalized spacial score (nSPS) is 36.2. The Morgan fingerprint density at radius 1 is 1.16 bits per heavy atom. The van der Waals surface area contributed by atoms with Gasteiger partial charge in [0.25, 0.3) is 0 Å². The van der Waals surface area contributed by atoms with Crippen molar-refractivity contribution in [2.24, 2.45) is 17.8 Å². The maximum atomic E-state index is 12.1. The van der Waals surface area contributed by atoms with Gasteiger partial charge in [-0.1, -0.05) is 39.7 Å². The predicted molar refractivity (Wildman–Crippen MR) is 77.8 cm³/mol. The average molecular weight is 264 g/mol. The van der Waals surface area contributed by atoms with Gasteiger partial charge in [-0.15, -0.1) is 0 Å². The molecule has 3 unspecified atom stereocenters. The molecule has 0 radical (unpaired) electrons. The van der Waals surface area contributed by atoms with E-state index in [2.05, 4.69) is 20.4 Å². The van der Waals surface area contributed by atoms with E-state index in [-0.39, 0.29) is 11.6 Å². The van der Waals surface area contributed by atoms with E-state index < -0.39 is 0 Å². The molecule has 0 aliphatic heterocycles. The molecule has 2 rings (SSSR count). The van der Waals surface area contributed by atoms with Gasteiger partial charge in [0.05, 0.1) is 0 Å². The van der Waals surface area contributed by atoms with Gasteiger partial charge >= 0.3 is 5.97 Å². The van der Waals surface area contributed by atoms with E-state index in [1.807, 2.05) is 0 Å². The third-order valence-electron chi connectivity index (χ3n) is 5.53. The number of rotatable bonds is 3. The molecule has 0 aromatic rings. The van der Waals surface area contributed by atoms with Crippen LogP contribution in [0.4, 0.5) is 0 Å². The summed E-state index contributed by atoms with van der Waals surface area (Å²) < 4.78 is 6.07. The fraction of sp³-hybridized carbons (Fsp3) is 0.824. The monoisotopic (exact) mass is 264 g/mol. The minimum atomic E-state index is -0.218. The first-order valence-electron chi connectivity index (χ1n) is 7.86. The van der Waals surface area contributed by atoms with Crippen LogP contribution in [-0.2, 0) is 9.53 Å². The lowest BCUT2D eigenvalue weighted by molar-refractivity contribution is -0.180. The molecule has 2 fully saturated rings. The van der Waals surface area contributed by atoms with Gasteiger partial charge in [-0.3, -0.25) is 0 Å². The van der Waals surface area contributed by atoms with Crippen molar-refractivity contribution < 1.29 is 9.53 Å². The Morgan fingerprint density at radius 3 is 2.37 bits per heavy atom. The van der Waals surface area contributed by atoms with Crippen LogP contribution in [-0.4, -0.2) is 11.6 Å². The Hall–Kier alpha value is -0.790. The summed E-state index contributed by atoms with van der Waals surface area (Å²) in [4.78, 5) is 12.1. The number of esters is 1. The molecule has 0 bridgehead atoms. The molecule has 2 aliphatic carbocycles. The van der Waals surface area contributed by atoms with E-state index in [4.69, 9.17) is 4.74 Å². The van der Waals surface area contributed by atoms with Crippen LogP contribution < -0.4 is 0 Å². The summed E-state index contributed by atoms with van der Waals surface area (Å²) in [7, 11) is 0. The van der Waals surface area contributed by atoms with E-state index in [0.29, 0.717) is 23.3 Å². The Kier molecular flexibility index (Phi) is 4.37. The van der Waals surface area contributed by atoms with Crippen LogP contribution in [0.5, 0.6) is 0 Å². The van der Waals surface area contributed by atoms with Crippen LogP contribution in [0.2, 0.25) is 0 Å². The number of hydrogen-bond acceptors (Lipinski definition) is 2. The lowest BCUT2D eigenvalue weighted by Gasteiger charge is -2.49. The van der Waals surface area contributed by atoms with E-state index in [9.17, 15) is 4.79 Å². The van der Waals surface area contributed by atoms with Crippen molar-refractivity contribution in [3.63, 3.8) is 0 Å². The summed E-state index contributed by atoms with van der Waals surface area (Å²) in [6.07, 6.45) is 8.52. The van der Waals surface area contributed by atoms with Crippen LogP contribution in [0.1, 0.15) is 65.7 Å². The van der Waals surface area contributed by atoms with E-state index >= 15 is 0 Å². The van der Waals surface area contributed by atoms with Crippen molar-refractivity contribution in [1.82, 2.24) is 0 Å². The molecule has 108 valence electrons. The summed E-state index contributed by atoms with van der Waals surface area (Å²) in [5, 5.41) is 0. The Morgan fingerprint density at radius 2 is 1.79 bits per heavy atom. The van der Waals surface area contributed by atoms with Gasteiger partial charge < -0.3 is 4.74 Å². The van der Waals surface area contributed by atoms with E-state index in [1.165, 1.54) is 38.5 Å². The molecule has 0 heterocycles. The standard InChI is InChI=1S/C17H28O2/c1-12(2)16(18)19-17(15-9-5-6-10-15)11-7-8-13(3)14(17)4/h13-15H,1,5-11H2,2-4H3. The molecular weight excluding hydrogens is 236 g/mol. The summed E-state index contributed by atoms with van der Waals surface area (Å²) >= 11 is 0. The van der Waals surface area contributed by atoms with Crippen molar-refractivity contribution >= 4 is 5.97 Å². The fourth-order valence-corrected chi connectivity index (χ4v) is 4.14. The first-order valence-corrected chi connectivity index (χ1v) is 7.86. The molecule has 2 aliphatic rings. The highest BCUT2D eigenvalue weighted by molar-refractivity contribution is 5.87. The Balaban J connectivity index is 2.25. The van der Waals surface area contributed by atoms with Crippen molar-refractivity contribution in [3.8, 4) is 0 Å². The molecule has 0 spiro atoms. The zero-order valence-corrected chi connectivity index (χ0v) is 12.7. The molecule has 2 heteroatoms. The summed E-state index contributed by atoms with van der Waals surface area (Å²) in [5.74, 6) is 1.49. The molecule has 0 saturated heterocycles. The van der Waals surface area contributed by atoms with E-state index in [1.54, 1.807) is 6.92 Å². The highest BCUT2D eigenvalue weighted by Gasteiger charge is 2.50. The van der Waals surface area contributed by atoms with Crippen LogP contribution >= 0.6 is 0 Å². The number of carbonyl (C=O) groups is 1. The van der Waals surface area contributed by atoms with Gasteiger partial charge in [-0.05, 0) is 50.4 Å². The van der Waals surface area contributed by atoms with Crippen LogP contribution in [0.15, 0.2) is 12.2 Å². The quantitative estimate of drug-likeness (QED) is 0.554. The smallest absolute Gasteiger partial charge is 0.333 e. The minimum Gasteiger partial charge on any atom is -0.455 e. The van der Waals surface area contributed by atoms with Gasteiger partial charge in [0.2, 0.25) is 0 Å². The van der Waals surface area contributed by atoms with Crippen molar-refractivity contribution in [2.45, 2.75) is 71.3 Å². The zero-order chi connectivity index (χ0) is 14.0. The largest absolute Gasteiger partial charge is 0.455 e. The molecular formula is C17H28O2. The van der Waals surface area contributed by atoms with E-state index in [0.717, 1.165) is 6.42 Å². The Bertz CT molecular complexity index is 350. The predicted octanol–water partition coefficient (Wildman–Crippen LogP) is 4.49. The maximum Gasteiger partial charge on any atom is 0.333 e. The fourth-order valence-electron chi connectivity index (χ4n) is 4.14. The van der Waals surface area contributed by atoms with Gasteiger partial charge in [-0.25, -0.2) is 4.79 Å². The maximum absolute atomic E-state index is 12.1. The zero-order valence-electron chi connectivity index (χ0n) is 12.7. The third kappa shape index (κ3) is 2.73. The number of carbonyl (C=O) groups excluding carboxylic acids is 1.